The maximum Gasteiger partial charge on any atom is 0.323 e. The molecule has 0 aromatic rings. The van der Waals surface area contributed by atoms with Gasteiger partial charge < -0.3 is 10.0 Å². The molecule has 1 N–H and O–H groups in total. The van der Waals surface area contributed by atoms with Crippen molar-refractivity contribution in [1.29, 1.82) is 0 Å². The van der Waals surface area contributed by atoms with Gasteiger partial charge >= 0.3 is 5.97 Å². The van der Waals surface area contributed by atoms with Crippen molar-refractivity contribution >= 4 is 11.9 Å². The van der Waals surface area contributed by atoms with E-state index in [0.29, 0.717) is 11.3 Å². The Morgan fingerprint density at radius 1 is 1.05 bits per heavy atom. The predicted molar refractivity (Wildman–Crippen MR) is 77.3 cm³/mol. The Kier molecular flexibility index (Phi) is 4.40. The molecule has 0 aromatic carbocycles. The van der Waals surface area contributed by atoms with Gasteiger partial charge in [0.2, 0.25) is 5.91 Å². The van der Waals surface area contributed by atoms with E-state index in [1.165, 1.54) is 0 Å². The van der Waals surface area contributed by atoms with Gasteiger partial charge in [0.1, 0.15) is 6.54 Å². The number of carboxylic acid groups (broad SMARTS) is 1. The molecule has 0 radical (unpaired) electrons. The van der Waals surface area contributed by atoms with E-state index in [4.69, 9.17) is 5.11 Å². The molecule has 2 fully saturated rings. The summed E-state index contributed by atoms with van der Waals surface area (Å²) in [6, 6.07) is 0.193. The van der Waals surface area contributed by atoms with Gasteiger partial charge in [0, 0.05) is 12.0 Å². The highest BCUT2D eigenvalue weighted by Crippen LogP contribution is 2.41. The molecule has 0 saturated heterocycles. The Labute approximate surface area is 121 Å². The van der Waals surface area contributed by atoms with Crippen molar-refractivity contribution in [2.24, 2.45) is 17.3 Å². The lowest BCUT2D eigenvalue weighted by atomic mass is 9.69. The van der Waals surface area contributed by atoms with E-state index in [2.05, 4.69) is 20.8 Å². The zero-order valence-electron chi connectivity index (χ0n) is 12.9. The quantitative estimate of drug-likeness (QED) is 0.862. The van der Waals surface area contributed by atoms with Crippen LogP contribution in [0.1, 0.15) is 59.3 Å². The third-order valence-corrected chi connectivity index (χ3v) is 4.88. The molecule has 0 heterocycles. The van der Waals surface area contributed by atoms with E-state index in [-0.39, 0.29) is 24.4 Å². The molecule has 0 atom stereocenters. The highest BCUT2D eigenvalue weighted by atomic mass is 16.4. The van der Waals surface area contributed by atoms with Crippen LogP contribution in [0.3, 0.4) is 0 Å². The van der Waals surface area contributed by atoms with Crippen LogP contribution in [0.15, 0.2) is 0 Å². The first kappa shape index (κ1) is 15.3. The van der Waals surface area contributed by atoms with Gasteiger partial charge in [0.05, 0.1) is 0 Å². The van der Waals surface area contributed by atoms with Crippen LogP contribution in [-0.2, 0) is 9.59 Å². The van der Waals surface area contributed by atoms with E-state index < -0.39 is 5.97 Å². The van der Waals surface area contributed by atoms with Crippen molar-refractivity contribution < 1.29 is 14.7 Å². The number of amides is 1. The first-order valence-corrected chi connectivity index (χ1v) is 7.81. The number of carbonyl (C=O) groups excluding carboxylic acids is 1. The molecular formula is C16H27NO3. The maximum absolute atomic E-state index is 12.5. The molecule has 2 rings (SSSR count). The highest BCUT2D eigenvalue weighted by molar-refractivity contribution is 5.83. The number of carboxylic acids is 1. The molecule has 1 amide bonds. The second kappa shape index (κ2) is 5.74. The van der Waals surface area contributed by atoms with Crippen LogP contribution in [0.2, 0.25) is 0 Å². The highest BCUT2D eigenvalue weighted by Gasteiger charge is 2.39. The van der Waals surface area contributed by atoms with Crippen molar-refractivity contribution in [3.05, 3.63) is 0 Å². The molecule has 0 aromatic heterocycles. The number of aliphatic carboxylic acids is 1. The lowest BCUT2D eigenvalue weighted by molar-refractivity contribution is -0.147. The average molecular weight is 281 g/mol. The van der Waals surface area contributed by atoms with E-state index in [9.17, 15) is 9.59 Å². The van der Waals surface area contributed by atoms with Crippen LogP contribution in [0.4, 0.5) is 0 Å². The number of hydrogen-bond acceptors (Lipinski definition) is 2. The van der Waals surface area contributed by atoms with Crippen LogP contribution in [0.25, 0.3) is 0 Å². The largest absolute Gasteiger partial charge is 0.480 e. The van der Waals surface area contributed by atoms with Crippen molar-refractivity contribution in [3.8, 4) is 0 Å². The monoisotopic (exact) mass is 281 g/mol. The Balaban J connectivity index is 1.91. The minimum Gasteiger partial charge on any atom is -0.480 e. The summed E-state index contributed by atoms with van der Waals surface area (Å²) in [5.41, 5.74) is 0.311. The first-order valence-electron chi connectivity index (χ1n) is 7.81. The van der Waals surface area contributed by atoms with Crippen molar-refractivity contribution in [2.75, 3.05) is 6.54 Å². The van der Waals surface area contributed by atoms with Crippen molar-refractivity contribution in [2.45, 2.75) is 65.3 Å². The summed E-state index contributed by atoms with van der Waals surface area (Å²) >= 11 is 0. The number of carbonyl (C=O) groups is 2. The van der Waals surface area contributed by atoms with Gasteiger partial charge in [0.25, 0.3) is 0 Å². The molecular weight excluding hydrogens is 254 g/mol. The summed E-state index contributed by atoms with van der Waals surface area (Å²) in [6.45, 7) is 6.67. The fraction of sp³-hybridized carbons (Fsp3) is 0.875. The SMILES string of the molecule is CC(C)(C)C1CCC(C(=O)N(CC(=O)O)C2CC2)CC1. The van der Waals surface area contributed by atoms with Gasteiger partial charge in [-0.05, 0) is 49.9 Å². The molecule has 4 nitrogen and oxygen atoms in total. The maximum atomic E-state index is 12.5. The summed E-state index contributed by atoms with van der Waals surface area (Å²) < 4.78 is 0. The third kappa shape index (κ3) is 3.74. The average Bonchev–Trinajstić information content (AvgIpc) is 3.18. The summed E-state index contributed by atoms with van der Waals surface area (Å²) in [7, 11) is 0. The molecule has 4 heteroatoms. The van der Waals surface area contributed by atoms with Crippen LogP contribution in [-0.4, -0.2) is 34.5 Å². The summed E-state index contributed by atoms with van der Waals surface area (Å²) in [4.78, 5) is 25.1. The van der Waals surface area contributed by atoms with E-state index in [0.717, 1.165) is 38.5 Å². The lowest BCUT2D eigenvalue weighted by Crippen LogP contribution is -2.42. The van der Waals surface area contributed by atoms with Gasteiger partial charge in [-0.2, -0.15) is 0 Å². The van der Waals surface area contributed by atoms with E-state index in [1.807, 2.05) is 0 Å². The Morgan fingerprint density at radius 2 is 1.60 bits per heavy atom. The Hall–Kier alpha value is -1.06. The van der Waals surface area contributed by atoms with Crippen LogP contribution in [0.5, 0.6) is 0 Å². The molecule has 2 aliphatic rings. The molecule has 20 heavy (non-hydrogen) atoms. The third-order valence-electron chi connectivity index (χ3n) is 4.88. The summed E-state index contributed by atoms with van der Waals surface area (Å²) in [6.07, 6.45) is 5.96. The predicted octanol–water partition coefficient (Wildman–Crippen LogP) is 2.91. The second-order valence-corrected chi connectivity index (χ2v) is 7.51. The normalized spacial score (nSPS) is 27.1. The molecule has 0 bridgehead atoms. The minimum atomic E-state index is -0.895. The van der Waals surface area contributed by atoms with Crippen molar-refractivity contribution in [1.82, 2.24) is 4.90 Å². The van der Waals surface area contributed by atoms with Gasteiger partial charge in [-0.1, -0.05) is 20.8 Å². The Morgan fingerprint density at radius 3 is 2.00 bits per heavy atom. The molecule has 0 spiro atoms. The van der Waals surface area contributed by atoms with Crippen LogP contribution in [0, 0.1) is 17.3 Å². The number of hydrogen-bond donors (Lipinski definition) is 1. The molecule has 0 aliphatic heterocycles. The zero-order valence-corrected chi connectivity index (χ0v) is 12.9. The van der Waals surface area contributed by atoms with E-state index >= 15 is 0 Å². The van der Waals surface area contributed by atoms with Gasteiger partial charge in [-0.3, -0.25) is 9.59 Å². The smallest absolute Gasteiger partial charge is 0.323 e. The second-order valence-electron chi connectivity index (χ2n) is 7.51. The molecule has 114 valence electrons. The summed E-state index contributed by atoms with van der Waals surface area (Å²) in [5, 5.41) is 8.96. The topological polar surface area (TPSA) is 57.6 Å². The van der Waals surface area contributed by atoms with Crippen molar-refractivity contribution in [3.63, 3.8) is 0 Å². The molecule has 0 unspecified atom stereocenters. The zero-order chi connectivity index (χ0) is 14.9. The van der Waals surface area contributed by atoms with Crippen LogP contribution >= 0.6 is 0 Å². The molecule has 2 aliphatic carbocycles. The first-order chi connectivity index (χ1) is 9.29. The molecule has 2 saturated carbocycles. The van der Waals surface area contributed by atoms with Gasteiger partial charge in [-0.25, -0.2) is 0 Å². The Bertz CT molecular complexity index is 374. The van der Waals surface area contributed by atoms with Gasteiger partial charge in [0.15, 0.2) is 0 Å². The summed E-state index contributed by atoms with van der Waals surface area (Å²) in [5.74, 6) is -0.0789. The standard InChI is InChI=1S/C16H27NO3/c1-16(2,3)12-6-4-11(5-7-12)15(20)17(10-14(18)19)13-8-9-13/h11-13H,4-10H2,1-3H3,(H,18,19). The van der Waals surface area contributed by atoms with E-state index in [1.54, 1.807) is 4.90 Å². The number of rotatable bonds is 4. The minimum absolute atomic E-state index is 0.0496. The van der Waals surface area contributed by atoms with Crippen LogP contribution < -0.4 is 0 Å². The fourth-order valence-electron chi connectivity index (χ4n) is 3.36. The fourth-order valence-corrected chi connectivity index (χ4v) is 3.36. The number of nitrogens with zero attached hydrogens (tertiary/aromatic N) is 1. The van der Waals surface area contributed by atoms with Gasteiger partial charge in [-0.15, -0.1) is 0 Å². The lowest BCUT2D eigenvalue weighted by Gasteiger charge is -2.37.